The van der Waals surface area contributed by atoms with E-state index < -0.39 is 6.04 Å². The standard InChI is InChI=1S/C45H28N4S/c1-3-14-29(15-4-1)43-46-44(30-16-5-2-6-17-30)48-45(47-43)31-26-27-34(36-21-13-22-37-35-20-9-12-25-41(35)50-42(36)37)40(28-31)49-38-23-10-7-18-32(38)33-19-8-11-24-39(33)49/h1-28H/i9D,12D,13D,20D,21D,22D,25D. The van der Waals surface area contributed by atoms with Gasteiger partial charge in [0.25, 0.3) is 0 Å². The lowest BCUT2D eigenvalue weighted by atomic mass is 9.98. The molecule has 5 heteroatoms. The maximum absolute atomic E-state index is 9.42. The SMILES string of the molecule is [2H]c1c([2H])c([2H])c2c(sc3c(-c4ccc(-c5nc(-c6ccccc6)nc(-c6ccccc6)n5)cc4-n4c5ccccc5c5ccccc54)c([2H])c([2H])c([2H])c32)c1[2H]. The van der Waals surface area contributed by atoms with Gasteiger partial charge in [-0.3, -0.25) is 0 Å². The highest BCUT2D eigenvalue weighted by Gasteiger charge is 2.20. The molecule has 0 fully saturated rings. The molecule has 0 aliphatic rings. The quantitative estimate of drug-likeness (QED) is 0.184. The first-order valence-electron chi connectivity index (χ1n) is 19.6. The molecular weight excluding hydrogens is 629 g/mol. The van der Waals surface area contributed by atoms with Crippen LogP contribution in [0.2, 0.25) is 0 Å². The minimum Gasteiger partial charge on any atom is -0.309 e. The number of para-hydroxylation sites is 2. The minimum atomic E-state index is -0.410. The molecule has 0 unspecified atom stereocenters. The van der Waals surface area contributed by atoms with Crippen molar-refractivity contribution < 1.29 is 9.60 Å². The summed E-state index contributed by atoms with van der Waals surface area (Å²) in [6.07, 6.45) is 0. The third-order valence-electron chi connectivity index (χ3n) is 8.98. The first kappa shape index (κ1) is 22.3. The highest BCUT2D eigenvalue weighted by atomic mass is 32.1. The molecule has 10 rings (SSSR count). The Morgan fingerprint density at radius 1 is 0.460 bits per heavy atom. The van der Waals surface area contributed by atoms with Crippen LogP contribution in [0.15, 0.2) is 170 Å². The molecule has 0 bridgehead atoms. The van der Waals surface area contributed by atoms with Crippen molar-refractivity contribution in [2.75, 3.05) is 0 Å². The van der Waals surface area contributed by atoms with Gasteiger partial charge in [0.1, 0.15) is 0 Å². The van der Waals surface area contributed by atoms with E-state index in [4.69, 9.17) is 23.2 Å². The van der Waals surface area contributed by atoms with Crippen LogP contribution in [0.25, 0.3) is 93.0 Å². The van der Waals surface area contributed by atoms with E-state index in [9.17, 15) is 1.37 Å². The fraction of sp³-hybridized carbons (Fsp3) is 0. The van der Waals surface area contributed by atoms with E-state index in [0.29, 0.717) is 44.6 Å². The van der Waals surface area contributed by atoms with Gasteiger partial charge in [-0.05, 0) is 24.2 Å². The summed E-state index contributed by atoms with van der Waals surface area (Å²) in [5.41, 5.74) is 5.75. The zero-order chi connectivity index (χ0) is 39.1. The lowest BCUT2D eigenvalue weighted by Crippen LogP contribution is -2.02. The predicted octanol–water partition coefficient (Wildman–Crippen LogP) is 12.0. The van der Waals surface area contributed by atoms with Crippen molar-refractivity contribution in [3.8, 4) is 51.0 Å². The van der Waals surface area contributed by atoms with Gasteiger partial charge in [0.15, 0.2) is 17.5 Å². The molecule has 0 radical (unpaired) electrons. The largest absolute Gasteiger partial charge is 0.309 e. The molecule has 0 atom stereocenters. The monoisotopic (exact) mass is 663 g/mol. The highest BCUT2D eigenvalue weighted by molar-refractivity contribution is 7.26. The van der Waals surface area contributed by atoms with Crippen LogP contribution in [0.1, 0.15) is 9.60 Å². The van der Waals surface area contributed by atoms with Crippen LogP contribution in [-0.2, 0) is 0 Å². The molecule has 0 aliphatic carbocycles. The fourth-order valence-electron chi connectivity index (χ4n) is 6.71. The van der Waals surface area contributed by atoms with Crippen molar-refractivity contribution in [2.45, 2.75) is 0 Å². The normalized spacial score (nSPS) is 13.6. The lowest BCUT2D eigenvalue weighted by molar-refractivity contribution is 1.07. The molecule has 0 saturated carbocycles. The van der Waals surface area contributed by atoms with Gasteiger partial charge in [-0.25, -0.2) is 15.0 Å². The molecule has 3 aromatic heterocycles. The zero-order valence-electron chi connectivity index (χ0n) is 33.3. The molecule has 0 spiro atoms. The van der Waals surface area contributed by atoms with E-state index in [2.05, 4.69) is 16.7 Å². The van der Waals surface area contributed by atoms with Crippen molar-refractivity contribution in [2.24, 2.45) is 0 Å². The predicted molar refractivity (Wildman–Crippen MR) is 209 cm³/mol. The number of rotatable bonds is 5. The van der Waals surface area contributed by atoms with E-state index in [-0.39, 0.29) is 51.7 Å². The number of benzene rings is 7. The Morgan fingerprint density at radius 3 is 1.68 bits per heavy atom. The van der Waals surface area contributed by atoms with Crippen LogP contribution < -0.4 is 0 Å². The van der Waals surface area contributed by atoms with E-state index in [1.165, 1.54) is 0 Å². The lowest BCUT2D eigenvalue weighted by Gasteiger charge is -2.17. The second-order valence-corrected chi connectivity index (χ2v) is 12.9. The Hall–Kier alpha value is -6.43. The topological polar surface area (TPSA) is 43.6 Å². The molecule has 4 nitrogen and oxygen atoms in total. The van der Waals surface area contributed by atoms with Gasteiger partial charge in [-0.1, -0.05) is 145 Å². The summed E-state index contributed by atoms with van der Waals surface area (Å²) in [5.74, 6) is 1.44. The van der Waals surface area contributed by atoms with E-state index >= 15 is 0 Å². The molecule has 7 aromatic carbocycles. The van der Waals surface area contributed by atoms with Crippen molar-refractivity contribution in [1.29, 1.82) is 0 Å². The molecule has 0 saturated heterocycles. The maximum Gasteiger partial charge on any atom is 0.164 e. The van der Waals surface area contributed by atoms with Crippen LogP contribution in [0.5, 0.6) is 0 Å². The number of aromatic nitrogens is 4. The minimum absolute atomic E-state index is 0.179. The smallest absolute Gasteiger partial charge is 0.164 e. The molecular formula is C45H28N4S. The Morgan fingerprint density at radius 2 is 1.02 bits per heavy atom. The number of hydrogen-bond acceptors (Lipinski definition) is 4. The average molecular weight is 664 g/mol. The van der Waals surface area contributed by atoms with Gasteiger partial charge in [-0.2, -0.15) is 0 Å². The molecule has 50 heavy (non-hydrogen) atoms. The van der Waals surface area contributed by atoms with Gasteiger partial charge in [0.2, 0.25) is 0 Å². The third-order valence-corrected chi connectivity index (χ3v) is 10.1. The van der Waals surface area contributed by atoms with E-state index in [0.717, 1.165) is 44.3 Å². The van der Waals surface area contributed by atoms with Crippen LogP contribution in [0.4, 0.5) is 0 Å². The number of fused-ring (bicyclic) bond motifs is 6. The summed E-state index contributed by atoms with van der Waals surface area (Å²) in [7, 11) is 0. The molecule has 0 N–H and O–H groups in total. The molecule has 10 aromatic rings. The fourth-order valence-corrected chi connectivity index (χ4v) is 7.78. The van der Waals surface area contributed by atoms with Gasteiger partial charge in [-0.15, -0.1) is 11.3 Å². The van der Waals surface area contributed by atoms with Crippen molar-refractivity contribution >= 4 is 53.3 Å². The molecule has 0 amide bonds. The molecule has 0 aliphatic heterocycles. The van der Waals surface area contributed by atoms with E-state index in [1.807, 2.05) is 115 Å². The van der Waals surface area contributed by atoms with Crippen molar-refractivity contribution in [3.63, 3.8) is 0 Å². The van der Waals surface area contributed by atoms with Crippen molar-refractivity contribution in [1.82, 2.24) is 19.5 Å². The van der Waals surface area contributed by atoms with Crippen LogP contribution >= 0.6 is 11.3 Å². The third kappa shape index (κ3) is 4.63. The summed E-state index contributed by atoms with van der Waals surface area (Å²) < 4.78 is 64.8. The van der Waals surface area contributed by atoms with Gasteiger partial charge >= 0.3 is 0 Å². The highest BCUT2D eigenvalue weighted by Crippen LogP contribution is 2.44. The second kappa shape index (κ2) is 11.6. The Balaban J connectivity index is 1.33. The number of nitrogens with zero attached hydrogens (tertiary/aromatic N) is 4. The molecule has 234 valence electrons. The Bertz CT molecular complexity index is 3160. The summed E-state index contributed by atoms with van der Waals surface area (Å²) >= 11 is 1.12. The first-order valence-corrected chi connectivity index (χ1v) is 17.0. The van der Waals surface area contributed by atoms with Crippen LogP contribution in [-0.4, -0.2) is 19.5 Å². The first-order chi connectivity index (χ1) is 27.7. The van der Waals surface area contributed by atoms with Crippen LogP contribution in [0.3, 0.4) is 0 Å². The van der Waals surface area contributed by atoms with Crippen LogP contribution in [0, 0.1) is 0 Å². The summed E-state index contributed by atoms with van der Waals surface area (Å²) in [5, 5.41) is 2.45. The van der Waals surface area contributed by atoms with E-state index in [1.54, 1.807) is 0 Å². The van der Waals surface area contributed by atoms with Crippen molar-refractivity contribution in [3.05, 3.63) is 170 Å². The summed E-state index contributed by atoms with van der Waals surface area (Å²) in [4.78, 5) is 14.9. The maximum atomic E-state index is 9.42. The van der Waals surface area contributed by atoms with Gasteiger partial charge in [0.05, 0.1) is 26.3 Å². The Labute approximate surface area is 302 Å². The number of thiophene rings is 1. The number of hydrogen-bond donors (Lipinski definition) is 0. The second-order valence-electron chi connectivity index (χ2n) is 11.9. The molecule has 3 heterocycles. The van der Waals surface area contributed by atoms with Gasteiger partial charge < -0.3 is 4.57 Å². The summed E-state index contributed by atoms with van der Waals surface area (Å²) in [6, 6.07) is 39.4. The zero-order valence-corrected chi connectivity index (χ0v) is 27.1. The van der Waals surface area contributed by atoms with Gasteiger partial charge in [0, 0.05) is 58.8 Å². The average Bonchev–Trinajstić information content (AvgIpc) is 3.82. The summed E-state index contributed by atoms with van der Waals surface area (Å²) in [6.45, 7) is 0. The Kier molecular flexibility index (Phi) is 5.17.